The van der Waals surface area contributed by atoms with Crippen LogP contribution in [0.15, 0.2) is 29.8 Å². The smallest absolute Gasteiger partial charge is 0.345 e. The fourth-order valence-electron chi connectivity index (χ4n) is 1.19. The zero-order valence-corrected chi connectivity index (χ0v) is 9.47. The van der Waals surface area contributed by atoms with Gasteiger partial charge in [0.2, 0.25) is 0 Å². The molecule has 0 saturated carbocycles. The van der Waals surface area contributed by atoms with Crippen LogP contribution in [-0.4, -0.2) is 31.3 Å². The SMILES string of the molecule is COC(=O)C(=Cc1ccccc1O)C(=O)OC. The van der Waals surface area contributed by atoms with Gasteiger partial charge < -0.3 is 14.6 Å². The van der Waals surface area contributed by atoms with Crippen LogP contribution in [0.25, 0.3) is 6.08 Å². The highest BCUT2D eigenvalue weighted by Crippen LogP contribution is 2.19. The van der Waals surface area contributed by atoms with E-state index in [9.17, 15) is 14.7 Å². The molecule has 0 unspecified atom stereocenters. The van der Waals surface area contributed by atoms with Crippen molar-refractivity contribution in [3.63, 3.8) is 0 Å². The van der Waals surface area contributed by atoms with Gasteiger partial charge in [-0.2, -0.15) is 0 Å². The van der Waals surface area contributed by atoms with Crippen LogP contribution in [0.4, 0.5) is 0 Å². The van der Waals surface area contributed by atoms with Gasteiger partial charge in [0.05, 0.1) is 14.2 Å². The molecule has 0 aliphatic heterocycles. The lowest BCUT2D eigenvalue weighted by atomic mass is 10.1. The van der Waals surface area contributed by atoms with Crippen molar-refractivity contribution in [1.82, 2.24) is 0 Å². The average Bonchev–Trinajstić information content (AvgIpc) is 2.36. The van der Waals surface area contributed by atoms with Gasteiger partial charge in [-0.1, -0.05) is 18.2 Å². The number of methoxy groups -OCH3 is 2. The summed E-state index contributed by atoms with van der Waals surface area (Å²) in [6.07, 6.45) is 1.22. The van der Waals surface area contributed by atoms with E-state index in [1.54, 1.807) is 18.2 Å². The molecule has 5 heteroatoms. The van der Waals surface area contributed by atoms with Gasteiger partial charge in [-0.3, -0.25) is 0 Å². The summed E-state index contributed by atoms with van der Waals surface area (Å²) in [6, 6.07) is 6.29. The minimum Gasteiger partial charge on any atom is -0.507 e. The molecule has 0 fully saturated rings. The van der Waals surface area contributed by atoms with Crippen molar-refractivity contribution in [3.8, 4) is 5.75 Å². The molecule has 0 atom stereocenters. The maximum Gasteiger partial charge on any atom is 0.345 e. The van der Waals surface area contributed by atoms with Gasteiger partial charge in [0.25, 0.3) is 0 Å². The van der Waals surface area contributed by atoms with Gasteiger partial charge >= 0.3 is 11.9 Å². The van der Waals surface area contributed by atoms with Gasteiger partial charge in [0, 0.05) is 5.56 Å². The number of esters is 2. The Labute approximate surface area is 98.3 Å². The van der Waals surface area contributed by atoms with Crippen molar-refractivity contribution in [2.45, 2.75) is 0 Å². The van der Waals surface area contributed by atoms with E-state index in [4.69, 9.17) is 0 Å². The topological polar surface area (TPSA) is 72.8 Å². The second kappa shape index (κ2) is 5.69. The Kier molecular flexibility index (Phi) is 4.28. The summed E-state index contributed by atoms with van der Waals surface area (Å²) >= 11 is 0. The second-order valence-corrected chi connectivity index (χ2v) is 3.10. The predicted molar refractivity (Wildman–Crippen MR) is 60.1 cm³/mol. The number of rotatable bonds is 3. The molecule has 0 saturated heterocycles. The summed E-state index contributed by atoms with van der Waals surface area (Å²) in [5.74, 6) is -1.68. The fraction of sp³-hybridized carbons (Fsp3) is 0.167. The molecule has 0 aromatic heterocycles. The van der Waals surface area contributed by atoms with Crippen molar-refractivity contribution < 1.29 is 24.2 Å². The molecule has 0 spiro atoms. The first-order chi connectivity index (χ1) is 8.10. The molecular formula is C12H12O5. The second-order valence-electron chi connectivity index (χ2n) is 3.10. The molecule has 0 bridgehead atoms. The highest BCUT2D eigenvalue weighted by Gasteiger charge is 2.20. The number of carbonyl (C=O) groups is 2. The first-order valence-corrected chi connectivity index (χ1v) is 4.76. The molecule has 0 radical (unpaired) electrons. The molecule has 90 valence electrons. The standard InChI is InChI=1S/C12H12O5/c1-16-11(14)9(12(15)17-2)7-8-5-3-4-6-10(8)13/h3-7,13H,1-2H3. The number of aromatic hydroxyl groups is 1. The number of carbonyl (C=O) groups excluding carboxylic acids is 2. The molecule has 0 aliphatic rings. The normalized spacial score (nSPS) is 9.29. The zero-order valence-electron chi connectivity index (χ0n) is 9.47. The maximum atomic E-state index is 11.4. The lowest BCUT2D eigenvalue weighted by Gasteiger charge is -2.04. The van der Waals surface area contributed by atoms with E-state index < -0.39 is 11.9 Å². The summed E-state index contributed by atoms with van der Waals surface area (Å²) in [7, 11) is 2.31. The predicted octanol–water partition coefficient (Wildman–Crippen LogP) is 1.12. The molecule has 0 amide bonds. The lowest BCUT2D eigenvalue weighted by molar-refractivity contribution is -0.143. The van der Waals surface area contributed by atoms with E-state index in [-0.39, 0.29) is 11.3 Å². The van der Waals surface area contributed by atoms with E-state index in [1.807, 2.05) is 0 Å². The fourth-order valence-corrected chi connectivity index (χ4v) is 1.19. The van der Waals surface area contributed by atoms with Gasteiger partial charge in [0.15, 0.2) is 0 Å². The summed E-state index contributed by atoms with van der Waals surface area (Å²) in [6.45, 7) is 0. The Balaban J connectivity index is 3.19. The Morgan fingerprint density at radius 2 is 1.65 bits per heavy atom. The van der Waals surface area contributed by atoms with Gasteiger partial charge in [-0.15, -0.1) is 0 Å². The third-order valence-electron chi connectivity index (χ3n) is 2.05. The third kappa shape index (κ3) is 3.07. The van der Waals surface area contributed by atoms with Crippen LogP contribution in [0.1, 0.15) is 5.56 Å². The molecule has 1 aromatic carbocycles. The molecule has 0 heterocycles. The lowest BCUT2D eigenvalue weighted by Crippen LogP contribution is -2.15. The molecule has 0 aliphatic carbocycles. The quantitative estimate of drug-likeness (QED) is 0.368. The van der Waals surface area contributed by atoms with E-state index in [0.29, 0.717) is 5.56 Å². The van der Waals surface area contributed by atoms with Crippen LogP contribution < -0.4 is 0 Å². The van der Waals surface area contributed by atoms with E-state index >= 15 is 0 Å². The zero-order chi connectivity index (χ0) is 12.8. The molecule has 5 nitrogen and oxygen atoms in total. The molecule has 1 rings (SSSR count). The maximum absolute atomic E-state index is 11.4. The largest absolute Gasteiger partial charge is 0.507 e. The number of benzene rings is 1. The number of ether oxygens (including phenoxy) is 2. The van der Waals surface area contributed by atoms with Crippen molar-refractivity contribution in [2.24, 2.45) is 0 Å². The first-order valence-electron chi connectivity index (χ1n) is 4.76. The minimum absolute atomic E-state index is 0.0437. The Hall–Kier alpha value is -2.30. The van der Waals surface area contributed by atoms with Gasteiger partial charge in [-0.25, -0.2) is 9.59 Å². The number of para-hydroxylation sites is 1. The van der Waals surface area contributed by atoms with Crippen LogP contribution in [0.2, 0.25) is 0 Å². The van der Waals surface area contributed by atoms with E-state index in [2.05, 4.69) is 9.47 Å². The summed E-state index contributed by atoms with van der Waals surface area (Å²) < 4.78 is 8.92. The Morgan fingerprint density at radius 1 is 1.12 bits per heavy atom. The molecule has 1 aromatic rings. The molecule has 17 heavy (non-hydrogen) atoms. The van der Waals surface area contributed by atoms with Gasteiger partial charge in [-0.05, 0) is 12.1 Å². The van der Waals surface area contributed by atoms with Crippen molar-refractivity contribution in [3.05, 3.63) is 35.4 Å². The number of phenols is 1. The third-order valence-corrected chi connectivity index (χ3v) is 2.05. The van der Waals surface area contributed by atoms with Crippen LogP contribution in [-0.2, 0) is 19.1 Å². The minimum atomic E-state index is -0.819. The molecule has 1 N–H and O–H groups in total. The Bertz CT molecular complexity index is 444. The van der Waals surface area contributed by atoms with Crippen LogP contribution >= 0.6 is 0 Å². The molecular weight excluding hydrogens is 224 g/mol. The average molecular weight is 236 g/mol. The van der Waals surface area contributed by atoms with Crippen LogP contribution in [0.5, 0.6) is 5.75 Å². The summed E-state index contributed by atoms with van der Waals surface area (Å²) in [4.78, 5) is 22.7. The van der Waals surface area contributed by atoms with Crippen LogP contribution in [0.3, 0.4) is 0 Å². The van der Waals surface area contributed by atoms with E-state index in [0.717, 1.165) is 14.2 Å². The van der Waals surface area contributed by atoms with Gasteiger partial charge in [0.1, 0.15) is 11.3 Å². The monoisotopic (exact) mass is 236 g/mol. The van der Waals surface area contributed by atoms with Crippen molar-refractivity contribution >= 4 is 18.0 Å². The highest BCUT2D eigenvalue weighted by atomic mass is 16.5. The number of phenolic OH excluding ortho intramolecular Hbond substituents is 1. The Morgan fingerprint density at radius 3 is 2.12 bits per heavy atom. The number of hydrogen-bond acceptors (Lipinski definition) is 5. The van der Waals surface area contributed by atoms with Crippen molar-refractivity contribution in [2.75, 3.05) is 14.2 Å². The summed E-state index contributed by atoms with van der Waals surface area (Å²) in [5, 5.41) is 9.52. The van der Waals surface area contributed by atoms with E-state index in [1.165, 1.54) is 12.1 Å². The highest BCUT2D eigenvalue weighted by molar-refractivity contribution is 6.17. The first kappa shape index (κ1) is 12.8. The van der Waals surface area contributed by atoms with Crippen LogP contribution in [0, 0.1) is 0 Å². The van der Waals surface area contributed by atoms with Crippen molar-refractivity contribution in [1.29, 1.82) is 0 Å². The summed E-state index contributed by atoms with van der Waals surface area (Å²) in [5.41, 5.74) is 0.0507. The number of hydrogen-bond donors (Lipinski definition) is 1.